The summed E-state index contributed by atoms with van der Waals surface area (Å²) in [5.41, 5.74) is -0.164. The minimum atomic E-state index is -0.980. The van der Waals surface area contributed by atoms with E-state index in [-0.39, 0.29) is 12.4 Å². The Labute approximate surface area is 90.5 Å². The van der Waals surface area contributed by atoms with Crippen molar-refractivity contribution >= 4 is 12.4 Å². The van der Waals surface area contributed by atoms with Crippen LogP contribution in [0.5, 0.6) is 5.75 Å². The topological polar surface area (TPSA) is 41.5 Å². The summed E-state index contributed by atoms with van der Waals surface area (Å²) in [6.45, 7) is 1.70. The van der Waals surface area contributed by atoms with Crippen LogP contribution in [-0.4, -0.2) is 19.3 Å². The molecule has 1 atom stereocenters. The van der Waals surface area contributed by atoms with Crippen molar-refractivity contribution < 1.29 is 9.84 Å². The molecule has 1 aromatic carbocycles. The maximum atomic E-state index is 9.81. The van der Waals surface area contributed by atoms with Crippen molar-refractivity contribution in [1.29, 1.82) is 0 Å². The van der Waals surface area contributed by atoms with Crippen molar-refractivity contribution in [2.24, 2.45) is 0 Å². The average molecular weight is 218 g/mol. The lowest BCUT2D eigenvalue weighted by Gasteiger charge is -2.22. The molecule has 4 heteroatoms. The summed E-state index contributed by atoms with van der Waals surface area (Å²) in [6, 6.07) is 7.30. The van der Waals surface area contributed by atoms with E-state index >= 15 is 0 Å². The molecule has 0 saturated heterocycles. The van der Waals surface area contributed by atoms with Crippen molar-refractivity contribution in [3.8, 4) is 5.75 Å². The number of hydrogen-bond donors (Lipinski definition) is 2. The first-order valence-electron chi connectivity index (χ1n) is 4.16. The van der Waals surface area contributed by atoms with Gasteiger partial charge in [0.2, 0.25) is 0 Å². The van der Waals surface area contributed by atoms with E-state index < -0.39 is 5.72 Å². The van der Waals surface area contributed by atoms with Gasteiger partial charge in [0, 0.05) is 0 Å². The number of benzene rings is 1. The zero-order valence-electron chi connectivity index (χ0n) is 8.57. The largest absolute Gasteiger partial charge is 0.497 e. The van der Waals surface area contributed by atoms with E-state index in [4.69, 9.17) is 4.74 Å². The Morgan fingerprint density at radius 3 is 2.14 bits per heavy atom. The van der Waals surface area contributed by atoms with Gasteiger partial charge in [-0.1, -0.05) is 12.1 Å². The third kappa shape index (κ3) is 2.87. The van der Waals surface area contributed by atoms with E-state index in [2.05, 4.69) is 5.32 Å². The van der Waals surface area contributed by atoms with Crippen molar-refractivity contribution in [1.82, 2.24) is 5.32 Å². The lowest BCUT2D eigenvalue weighted by atomic mass is 10.1. The van der Waals surface area contributed by atoms with Gasteiger partial charge in [0.25, 0.3) is 0 Å². The van der Waals surface area contributed by atoms with Crippen LogP contribution in [0.1, 0.15) is 12.5 Å². The molecular formula is C10H16ClNO2. The predicted molar refractivity (Wildman–Crippen MR) is 58.9 cm³/mol. The molecule has 1 rings (SSSR count). The van der Waals surface area contributed by atoms with Gasteiger partial charge in [-0.3, -0.25) is 5.32 Å². The summed E-state index contributed by atoms with van der Waals surface area (Å²) in [7, 11) is 3.33. The monoisotopic (exact) mass is 217 g/mol. The molecule has 1 unspecified atom stereocenters. The Hall–Kier alpha value is -0.770. The SMILES string of the molecule is CNC(C)(O)c1ccc(OC)cc1.Cl. The van der Waals surface area contributed by atoms with Crippen LogP contribution >= 0.6 is 12.4 Å². The number of ether oxygens (including phenoxy) is 1. The van der Waals surface area contributed by atoms with Crippen LogP contribution in [0, 0.1) is 0 Å². The molecule has 3 nitrogen and oxygen atoms in total. The fraction of sp³-hybridized carbons (Fsp3) is 0.400. The van der Waals surface area contributed by atoms with E-state index in [0.29, 0.717) is 0 Å². The third-order valence-electron chi connectivity index (χ3n) is 2.14. The molecule has 0 bridgehead atoms. The molecule has 0 aliphatic rings. The lowest BCUT2D eigenvalue weighted by Crippen LogP contribution is -2.36. The van der Waals surface area contributed by atoms with Crippen LogP contribution in [-0.2, 0) is 5.72 Å². The van der Waals surface area contributed by atoms with Gasteiger partial charge in [-0.05, 0) is 31.7 Å². The number of nitrogens with one attached hydrogen (secondary N) is 1. The molecule has 0 aromatic heterocycles. The fourth-order valence-corrected chi connectivity index (χ4v) is 1.06. The molecule has 14 heavy (non-hydrogen) atoms. The minimum absolute atomic E-state index is 0. The van der Waals surface area contributed by atoms with Crippen LogP contribution in [0.2, 0.25) is 0 Å². The fourth-order valence-electron chi connectivity index (χ4n) is 1.06. The van der Waals surface area contributed by atoms with Gasteiger partial charge in [0.1, 0.15) is 11.5 Å². The van der Waals surface area contributed by atoms with E-state index in [1.165, 1.54) is 0 Å². The number of rotatable bonds is 3. The Kier molecular flexibility index (Phi) is 4.91. The maximum Gasteiger partial charge on any atom is 0.139 e. The number of halogens is 1. The van der Waals surface area contributed by atoms with Crippen LogP contribution in [0.15, 0.2) is 24.3 Å². The first-order chi connectivity index (χ1) is 6.10. The highest BCUT2D eigenvalue weighted by Crippen LogP contribution is 2.19. The van der Waals surface area contributed by atoms with Crippen molar-refractivity contribution in [3.05, 3.63) is 29.8 Å². The quantitative estimate of drug-likeness (QED) is 0.755. The maximum absolute atomic E-state index is 9.81. The molecule has 0 spiro atoms. The van der Waals surface area contributed by atoms with E-state index in [1.807, 2.05) is 24.3 Å². The molecule has 0 fully saturated rings. The van der Waals surface area contributed by atoms with Gasteiger partial charge in [-0.25, -0.2) is 0 Å². The minimum Gasteiger partial charge on any atom is -0.497 e. The number of aliphatic hydroxyl groups is 1. The van der Waals surface area contributed by atoms with Crippen molar-refractivity contribution in [2.75, 3.05) is 14.2 Å². The summed E-state index contributed by atoms with van der Waals surface area (Å²) in [6.07, 6.45) is 0. The highest BCUT2D eigenvalue weighted by Gasteiger charge is 2.19. The number of methoxy groups -OCH3 is 1. The Morgan fingerprint density at radius 1 is 1.29 bits per heavy atom. The molecule has 2 N–H and O–H groups in total. The van der Waals surface area contributed by atoms with Crippen LogP contribution in [0.4, 0.5) is 0 Å². The molecule has 0 aliphatic carbocycles. The molecule has 0 saturated carbocycles. The zero-order chi connectivity index (χ0) is 9.90. The second-order valence-corrected chi connectivity index (χ2v) is 3.05. The summed E-state index contributed by atoms with van der Waals surface area (Å²) < 4.78 is 5.01. The highest BCUT2D eigenvalue weighted by atomic mass is 35.5. The lowest BCUT2D eigenvalue weighted by molar-refractivity contribution is 0.0282. The van der Waals surface area contributed by atoms with Crippen LogP contribution < -0.4 is 10.1 Å². The molecule has 1 aromatic rings. The van der Waals surface area contributed by atoms with E-state index in [9.17, 15) is 5.11 Å². The highest BCUT2D eigenvalue weighted by molar-refractivity contribution is 5.85. The van der Waals surface area contributed by atoms with Gasteiger partial charge < -0.3 is 9.84 Å². The van der Waals surface area contributed by atoms with Crippen molar-refractivity contribution in [3.63, 3.8) is 0 Å². The van der Waals surface area contributed by atoms with Gasteiger partial charge in [-0.15, -0.1) is 12.4 Å². The van der Waals surface area contributed by atoms with E-state index in [0.717, 1.165) is 11.3 Å². The van der Waals surface area contributed by atoms with Gasteiger partial charge in [-0.2, -0.15) is 0 Å². The molecule has 0 radical (unpaired) electrons. The van der Waals surface area contributed by atoms with Gasteiger partial charge in [0.15, 0.2) is 0 Å². The first kappa shape index (κ1) is 13.2. The van der Waals surface area contributed by atoms with Crippen LogP contribution in [0.3, 0.4) is 0 Å². The average Bonchev–Trinajstić information content (AvgIpc) is 2.18. The molecule has 0 aliphatic heterocycles. The standard InChI is InChI=1S/C10H15NO2.ClH/c1-10(12,11-2)8-4-6-9(13-3)7-5-8;/h4-7,11-12H,1-3H3;1H. The van der Waals surface area contributed by atoms with Gasteiger partial charge >= 0.3 is 0 Å². The molecule has 0 heterocycles. The summed E-state index contributed by atoms with van der Waals surface area (Å²) in [5, 5.41) is 12.6. The summed E-state index contributed by atoms with van der Waals surface area (Å²) >= 11 is 0. The third-order valence-corrected chi connectivity index (χ3v) is 2.14. The summed E-state index contributed by atoms with van der Waals surface area (Å²) in [5.74, 6) is 0.788. The Morgan fingerprint density at radius 2 is 1.79 bits per heavy atom. The molecule has 80 valence electrons. The molecular weight excluding hydrogens is 202 g/mol. The Balaban J connectivity index is 0.00000169. The predicted octanol–water partition coefficient (Wildman–Crippen LogP) is 1.50. The van der Waals surface area contributed by atoms with Gasteiger partial charge in [0.05, 0.1) is 7.11 Å². The normalized spacial score (nSPS) is 14.0. The second kappa shape index (κ2) is 5.20. The number of hydrogen-bond acceptors (Lipinski definition) is 3. The summed E-state index contributed by atoms with van der Waals surface area (Å²) in [4.78, 5) is 0. The Bertz CT molecular complexity index is 272. The second-order valence-electron chi connectivity index (χ2n) is 3.05. The van der Waals surface area contributed by atoms with Crippen LogP contribution in [0.25, 0.3) is 0 Å². The zero-order valence-corrected chi connectivity index (χ0v) is 9.39. The first-order valence-corrected chi connectivity index (χ1v) is 4.16. The molecule has 0 amide bonds. The van der Waals surface area contributed by atoms with E-state index in [1.54, 1.807) is 21.1 Å². The van der Waals surface area contributed by atoms with Crippen molar-refractivity contribution in [2.45, 2.75) is 12.6 Å². The smallest absolute Gasteiger partial charge is 0.139 e.